The highest BCUT2D eigenvalue weighted by Gasteiger charge is 2.20. The Hall–Kier alpha value is -2.76. The Morgan fingerprint density at radius 2 is 2.04 bits per heavy atom. The SMILES string of the molecule is CC[C@@H](Oc1ccccc1F)C(=O)NCc1ccc2c(c1)OCO2. The molecule has 0 saturated carbocycles. The van der Waals surface area contributed by atoms with Crippen LogP contribution in [0.3, 0.4) is 0 Å². The van der Waals surface area contributed by atoms with Gasteiger partial charge in [0.1, 0.15) is 0 Å². The minimum atomic E-state index is -0.754. The Kier molecular flexibility index (Phi) is 4.84. The van der Waals surface area contributed by atoms with Gasteiger partial charge in [-0.05, 0) is 36.2 Å². The van der Waals surface area contributed by atoms with Gasteiger partial charge in [-0.2, -0.15) is 0 Å². The minimum Gasteiger partial charge on any atom is -0.478 e. The van der Waals surface area contributed by atoms with E-state index in [0.717, 1.165) is 5.56 Å². The molecular weight excluding hydrogens is 313 g/mol. The van der Waals surface area contributed by atoms with Crippen molar-refractivity contribution < 1.29 is 23.4 Å². The number of carbonyl (C=O) groups is 1. The molecule has 1 N–H and O–H groups in total. The zero-order valence-electron chi connectivity index (χ0n) is 13.3. The number of carbonyl (C=O) groups excluding carboxylic acids is 1. The number of amides is 1. The van der Waals surface area contributed by atoms with Crippen LogP contribution in [0.25, 0.3) is 0 Å². The highest BCUT2D eigenvalue weighted by atomic mass is 19.1. The zero-order valence-corrected chi connectivity index (χ0v) is 13.3. The summed E-state index contributed by atoms with van der Waals surface area (Å²) in [5.74, 6) is 0.649. The predicted octanol–water partition coefficient (Wildman–Crippen LogP) is 3.03. The molecule has 1 aliphatic heterocycles. The molecule has 3 rings (SSSR count). The summed E-state index contributed by atoms with van der Waals surface area (Å²) in [6.45, 7) is 2.35. The van der Waals surface area contributed by atoms with Crippen molar-refractivity contribution in [2.24, 2.45) is 0 Å². The molecule has 5 nitrogen and oxygen atoms in total. The van der Waals surface area contributed by atoms with Crippen LogP contribution in [0.4, 0.5) is 4.39 Å². The molecule has 2 aromatic carbocycles. The average molecular weight is 331 g/mol. The number of para-hydroxylation sites is 1. The molecule has 0 spiro atoms. The van der Waals surface area contributed by atoms with Gasteiger partial charge in [-0.3, -0.25) is 4.79 Å². The lowest BCUT2D eigenvalue weighted by Gasteiger charge is -2.17. The van der Waals surface area contributed by atoms with Gasteiger partial charge < -0.3 is 19.5 Å². The van der Waals surface area contributed by atoms with E-state index in [-0.39, 0.29) is 18.4 Å². The fourth-order valence-corrected chi connectivity index (χ4v) is 2.37. The molecule has 1 heterocycles. The number of fused-ring (bicyclic) bond motifs is 1. The molecule has 1 atom stereocenters. The van der Waals surface area contributed by atoms with Crippen molar-refractivity contribution in [2.75, 3.05) is 6.79 Å². The summed E-state index contributed by atoms with van der Waals surface area (Å²) in [4.78, 5) is 12.3. The van der Waals surface area contributed by atoms with Crippen LogP contribution < -0.4 is 19.5 Å². The molecule has 126 valence electrons. The van der Waals surface area contributed by atoms with Crippen LogP contribution in [-0.4, -0.2) is 18.8 Å². The molecule has 0 aromatic heterocycles. The first-order chi connectivity index (χ1) is 11.7. The quantitative estimate of drug-likeness (QED) is 0.884. The minimum absolute atomic E-state index is 0.0718. The zero-order chi connectivity index (χ0) is 16.9. The van der Waals surface area contributed by atoms with Gasteiger partial charge in [0.05, 0.1) is 0 Å². The highest BCUT2D eigenvalue weighted by Crippen LogP contribution is 2.32. The van der Waals surface area contributed by atoms with Crippen molar-refractivity contribution in [3.05, 3.63) is 53.8 Å². The second-order valence-electron chi connectivity index (χ2n) is 5.35. The highest BCUT2D eigenvalue weighted by molar-refractivity contribution is 5.81. The van der Waals surface area contributed by atoms with Crippen molar-refractivity contribution in [1.29, 1.82) is 0 Å². The van der Waals surface area contributed by atoms with Crippen LogP contribution >= 0.6 is 0 Å². The average Bonchev–Trinajstić information content (AvgIpc) is 3.06. The van der Waals surface area contributed by atoms with Crippen molar-refractivity contribution >= 4 is 5.91 Å². The normalized spacial score (nSPS) is 13.4. The first-order valence-electron chi connectivity index (χ1n) is 7.75. The van der Waals surface area contributed by atoms with E-state index < -0.39 is 11.9 Å². The maximum Gasteiger partial charge on any atom is 0.261 e. The summed E-state index contributed by atoms with van der Waals surface area (Å²) < 4.78 is 29.7. The van der Waals surface area contributed by atoms with Crippen LogP contribution in [0.5, 0.6) is 17.2 Å². The van der Waals surface area contributed by atoms with E-state index in [2.05, 4.69) is 5.32 Å². The number of nitrogens with one attached hydrogen (secondary N) is 1. The second kappa shape index (κ2) is 7.21. The van der Waals surface area contributed by atoms with E-state index in [4.69, 9.17) is 14.2 Å². The van der Waals surface area contributed by atoms with Crippen LogP contribution in [0.1, 0.15) is 18.9 Å². The predicted molar refractivity (Wildman–Crippen MR) is 85.5 cm³/mol. The Morgan fingerprint density at radius 1 is 1.25 bits per heavy atom. The lowest BCUT2D eigenvalue weighted by Crippen LogP contribution is -2.37. The molecule has 0 fully saturated rings. The van der Waals surface area contributed by atoms with Crippen molar-refractivity contribution in [2.45, 2.75) is 26.0 Å². The maximum absolute atomic E-state index is 13.6. The van der Waals surface area contributed by atoms with Gasteiger partial charge in [0.25, 0.3) is 5.91 Å². The molecule has 0 saturated heterocycles. The molecular formula is C18H18FNO4. The fraction of sp³-hybridized carbons (Fsp3) is 0.278. The number of hydrogen-bond acceptors (Lipinski definition) is 4. The molecule has 0 radical (unpaired) electrons. The summed E-state index contributed by atoms with van der Waals surface area (Å²) in [5, 5.41) is 2.80. The lowest BCUT2D eigenvalue weighted by atomic mass is 10.2. The van der Waals surface area contributed by atoms with E-state index >= 15 is 0 Å². The summed E-state index contributed by atoms with van der Waals surface area (Å²) >= 11 is 0. The van der Waals surface area contributed by atoms with Gasteiger partial charge >= 0.3 is 0 Å². The van der Waals surface area contributed by atoms with E-state index in [1.807, 2.05) is 19.1 Å². The maximum atomic E-state index is 13.6. The Balaban J connectivity index is 1.59. The van der Waals surface area contributed by atoms with Crippen LogP contribution in [0.15, 0.2) is 42.5 Å². The lowest BCUT2D eigenvalue weighted by molar-refractivity contribution is -0.128. The third-order valence-corrected chi connectivity index (χ3v) is 3.67. The van der Waals surface area contributed by atoms with Gasteiger partial charge in [-0.1, -0.05) is 25.1 Å². The van der Waals surface area contributed by atoms with Gasteiger partial charge in [-0.25, -0.2) is 4.39 Å². The number of halogens is 1. The Labute approximate surface area is 139 Å². The molecule has 2 aromatic rings. The largest absolute Gasteiger partial charge is 0.478 e. The number of ether oxygens (including phenoxy) is 3. The molecule has 0 aliphatic carbocycles. The van der Waals surface area contributed by atoms with Crippen molar-refractivity contribution in [3.63, 3.8) is 0 Å². The van der Waals surface area contributed by atoms with Gasteiger partial charge in [0, 0.05) is 6.54 Å². The molecule has 1 amide bonds. The number of hydrogen-bond donors (Lipinski definition) is 1. The van der Waals surface area contributed by atoms with Crippen LogP contribution in [0, 0.1) is 5.82 Å². The topological polar surface area (TPSA) is 56.8 Å². The van der Waals surface area contributed by atoms with Crippen molar-refractivity contribution in [1.82, 2.24) is 5.32 Å². The molecule has 0 unspecified atom stereocenters. The number of benzene rings is 2. The Bertz CT molecular complexity index is 735. The van der Waals surface area contributed by atoms with E-state index in [0.29, 0.717) is 24.5 Å². The second-order valence-corrected chi connectivity index (χ2v) is 5.35. The first kappa shape index (κ1) is 16.1. The Morgan fingerprint density at radius 3 is 2.83 bits per heavy atom. The van der Waals surface area contributed by atoms with Gasteiger partial charge in [0.2, 0.25) is 6.79 Å². The molecule has 24 heavy (non-hydrogen) atoms. The van der Waals surface area contributed by atoms with Gasteiger partial charge in [-0.15, -0.1) is 0 Å². The summed E-state index contributed by atoms with van der Waals surface area (Å²) in [6.07, 6.45) is -0.322. The van der Waals surface area contributed by atoms with E-state index in [1.165, 1.54) is 12.1 Å². The van der Waals surface area contributed by atoms with Gasteiger partial charge in [0.15, 0.2) is 29.2 Å². The summed E-state index contributed by atoms with van der Waals surface area (Å²) in [5.41, 5.74) is 0.883. The first-order valence-corrected chi connectivity index (χ1v) is 7.75. The van der Waals surface area contributed by atoms with E-state index in [1.54, 1.807) is 18.2 Å². The molecule has 1 aliphatic rings. The third-order valence-electron chi connectivity index (χ3n) is 3.67. The third kappa shape index (κ3) is 3.59. The molecule has 6 heteroatoms. The van der Waals surface area contributed by atoms with Crippen molar-refractivity contribution in [3.8, 4) is 17.2 Å². The smallest absolute Gasteiger partial charge is 0.261 e. The van der Waals surface area contributed by atoms with E-state index in [9.17, 15) is 9.18 Å². The molecule has 0 bridgehead atoms. The monoisotopic (exact) mass is 331 g/mol. The summed E-state index contributed by atoms with van der Waals surface area (Å²) in [7, 11) is 0. The number of rotatable bonds is 6. The standard InChI is InChI=1S/C18H18FNO4/c1-2-14(24-15-6-4-3-5-13(15)19)18(21)20-10-12-7-8-16-17(9-12)23-11-22-16/h3-9,14H,2,10-11H2,1H3,(H,20,21)/t14-/m1/s1. The fourth-order valence-electron chi connectivity index (χ4n) is 2.37. The summed E-state index contributed by atoms with van der Waals surface area (Å²) in [6, 6.07) is 11.5. The van der Waals surface area contributed by atoms with Crippen LogP contribution in [0.2, 0.25) is 0 Å². The van der Waals surface area contributed by atoms with Crippen LogP contribution in [-0.2, 0) is 11.3 Å².